The molecule has 0 N–H and O–H groups in total. The van der Waals surface area contributed by atoms with Gasteiger partial charge in [-0.3, -0.25) is 0 Å². The second-order valence-corrected chi connectivity index (χ2v) is 4.64. The fourth-order valence-corrected chi connectivity index (χ4v) is 1.79. The van der Waals surface area contributed by atoms with Gasteiger partial charge in [0, 0.05) is 6.54 Å². The van der Waals surface area contributed by atoms with Crippen molar-refractivity contribution >= 4 is 0 Å². The minimum absolute atomic E-state index is 0.00796. The fourth-order valence-electron chi connectivity index (χ4n) is 1.79. The molecule has 128 valence electrons. The molecule has 0 saturated heterocycles. The summed E-state index contributed by atoms with van der Waals surface area (Å²) in [5.74, 6) is -5.69. The van der Waals surface area contributed by atoms with Gasteiger partial charge in [0.1, 0.15) is 5.69 Å². The third-order valence-electron chi connectivity index (χ3n) is 2.88. The maximum Gasteiger partial charge on any atom is 0.459 e. The van der Waals surface area contributed by atoms with Crippen LogP contribution in [0.3, 0.4) is 0 Å². The highest BCUT2D eigenvalue weighted by Gasteiger charge is 2.64. The first-order valence-electron chi connectivity index (χ1n) is 6.38. The molecule has 0 amide bonds. The second kappa shape index (κ2) is 6.37. The molecule has 0 bridgehead atoms. The number of hydrogen-bond acceptors (Lipinski definition) is 2. The lowest BCUT2D eigenvalue weighted by Crippen LogP contribution is -2.37. The molecule has 0 aliphatic heterocycles. The van der Waals surface area contributed by atoms with Gasteiger partial charge in [0.15, 0.2) is 5.69 Å². The third-order valence-corrected chi connectivity index (χ3v) is 2.88. The van der Waals surface area contributed by atoms with Gasteiger partial charge in [-0.15, -0.1) is 5.10 Å². The predicted molar refractivity (Wildman–Crippen MR) is 59.1 cm³/mol. The van der Waals surface area contributed by atoms with Crippen molar-refractivity contribution < 1.29 is 35.1 Å². The number of hydrogen-bond donors (Lipinski definition) is 0. The summed E-state index contributed by atoms with van der Waals surface area (Å²) in [5, 5.41) is 5.30. The molecule has 1 heterocycles. The number of aromatic nitrogens is 3. The van der Waals surface area contributed by atoms with Crippen LogP contribution in [0.15, 0.2) is 0 Å². The Balaban J connectivity index is 3.22. The zero-order chi connectivity index (χ0) is 17.2. The van der Waals surface area contributed by atoms with Crippen molar-refractivity contribution in [2.75, 3.05) is 0 Å². The van der Waals surface area contributed by atoms with Crippen LogP contribution in [0.5, 0.6) is 0 Å². The van der Waals surface area contributed by atoms with E-state index in [-0.39, 0.29) is 11.1 Å². The fraction of sp³-hybridized carbons (Fsp3) is 0.818. The van der Waals surface area contributed by atoms with E-state index in [1.165, 1.54) is 0 Å². The van der Waals surface area contributed by atoms with Crippen molar-refractivity contribution in [3.63, 3.8) is 0 Å². The summed E-state index contributed by atoms with van der Waals surface area (Å²) < 4.78 is 102. The van der Waals surface area contributed by atoms with Crippen molar-refractivity contribution in [1.82, 2.24) is 15.0 Å². The lowest BCUT2D eigenvalue weighted by Gasteiger charge is -2.21. The zero-order valence-electron chi connectivity index (χ0n) is 11.4. The quantitative estimate of drug-likeness (QED) is 0.563. The summed E-state index contributed by atoms with van der Waals surface area (Å²) >= 11 is 0. The highest BCUT2D eigenvalue weighted by atomic mass is 19.4. The summed E-state index contributed by atoms with van der Waals surface area (Å²) in [4.78, 5) is 0. The number of nitrogens with zero attached hydrogens (tertiary/aromatic N) is 3. The van der Waals surface area contributed by atoms with Crippen molar-refractivity contribution in [2.24, 2.45) is 0 Å². The minimum atomic E-state index is -6.17. The monoisotopic (exact) mass is 339 g/mol. The van der Waals surface area contributed by atoms with Crippen molar-refractivity contribution in [1.29, 1.82) is 0 Å². The van der Waals surface area contributed by atoms with E-state index < -0.39 is 36.2 Å². The topological polar surface area (TPSA) is 30.7 Å². The van der Waals surface area contributed by atoms with E-state index in [0.29, 0.717) is 12.8 Å². The second-order valence-electron chi connectivity index (χ2n) is 4.64. The Morgan fingerprint density at radius 3 is 1.95 bits per heavy atom. The molecule has 0 aromatic carbocycles. The standard InChI is InChI=1S/C11H13F8N3/c1-2-3-4-5-6-22-8(9(12,13)11(17,18)19)7(20-21-22)10(14,15)16/h2-6H2,1H3. The van der Waals surface area contributed by atoms with Gasteiger partial charge in [-0.2, -0.15) is 35.1 Å². The van der Waals surface area contributed by atoms with Gasteiger partial charge >= 0.3 is 18.3 Å². The van der Waals surface area contributed by atoms with E-state index in [9.17, 15) is 35.1 Å². The molecule has 22 heavy (non-hydrogen) atoms. The molecule has 0 saturated carbocycles. The molecule has 0 atom stereocenters. The Bertz CT molecular complexity index is 489. The van der Waals surface area contributed by atoms with Gasteiger partial charge in [-0.1, -0.05) is 31.4 Å². The molecule has 0 aliphatic rings. The van der Waals surface area contributed by atoms with Crippen molar-refractivity contribution in [2.45, 2.75) is 57.4 Å². The largest absolute Gasteiger partial charge is 0.459 e. The van der Waals surface area contributed by atoms with Gasteiger partial charge in [-0.25, -0.2) is 4.68 Å². The Hall–Kier alpha value is -1.42. The molecule has 1 rings (SSSR count). The number of unbranched alkanes of at least 4 members (excludes halogenated alkanes) is 3. The summed E-state index contributed by atoms with van der Waals surface area (Å²) in [6, 6.07) is 0. The van der Waals surface area contributed by atoms with Gasteiger partial charge in [0.2, 0.25) is 0 Å². The first kappa shape index (κ1) is 18.6. The Morgan fingerprint density at radius 1 is 0.909 bits per heavy atom. The summed E-state index contributed by atoms with van der Waals surface area (Å²) in [6.07, 6.45) is -9.60. The zero-order valence-corrected chi connectivity index (χ0v) is 11.4. The highest BCUT2D eigenvalue weighted by Crippen LogP contribution is 2.47. The van der Waals surface area contributed by atoms with Crippen LogP contribution in [0, 0.1) is 0 Å². The van der Waals surface area contributed by atoms with Crippen molar-refractivity contribution in [3.8, 4) is 0 Å². The van der Waals surface area contributed by atoms with Crippen LogP contribution < -0.4 is 0 Å². The Kier molecular flexibility index (Phi) is 5.39. The van der Waals surface area contributed by atoms with E-state index in [0.717, 1.165) is 6.42 Å². The van der Waals surface area contributed by atoms with Crippen LogP contribution in [0.25, 0.3) is 0 Å². The van der Waals surface area contributed by atoms with E-state index in [4.69, 9.17) is 0 Å². The molecular weight excluding hydrogens is 326 g/mol. The van der Waals surface area contributed by atoms with Gasteiger partial charge in [0.05, 0.1) is 0 Å². The Labute approximate surface area is 120 Å². The number of aryl methyl sites for hydroxylation is 1. The van der Waals surface area contributed by atoms with Gasteiger partial charge in [-0.05, 0) is 6.42 Å². The lowest BCUT2D eigenvalue weighted by atomic mass is 10.1. The van der Waals surface area contributed by atoms with E-state index in [1.54, 1.807) is 0 Å². The number of rotatable bonds is 6. The SMILES string of the molecule is CCCCCCn1nnc(C(F)(F)F)c1C(F)(F)C(F)(F)F. The normalized spacial score (nSPS) is 13.7. The molecular formula is C11H13F8N3. The summed E-state index contributed by atoms with van der Waals surface area (Å²) in [7, 11) is 0. The Morgan fingerprint density at radius 2 is 1.50 bits per heavy atom. The molecule has 0 aliphatic carbocycles. The average molecular weight is 339 g/mol. The highest BCUT2D eigenvalue weighted by molar-refractivity contribution is 5.21. The predicted octanol–water partition coefficient (Wildman–Crippen LogP) is 4.53. The number of alkyl halides is 8. The van der Waals surface area contributed by atoms with E-state index in [2.05, 4.69) is 10.3 Å². The van der Waals surface area contributed by atoms with Crippen molar-refractivity contribution in [3.05, 3.63) is 11.4 Å². The number of halogens is 8. The van der Waals surface area contributed by atoms with Crippen LogP contribution in [-0.2, 0) is 18.6 Å². The summed E-state index contributed by atoms with van der Waals surface area (Å²) in [6.45, 7) is 1.34. The smallest absolute Gasteiger partial charge is 0.242 e. The molecule has 0 unspecified atom stereocenters. The minimum Gasteiger partial charge on any atom is -0.242 e. The summed E-state index contributed by atoms with van der Waals surface area (Å²) in [5.41, 5.74) is -4.57. The molecule has 11 heteroatoms. The average Bonchev–Trinajstić information content (AvgIpc) is 2.77. The van der Waals surface area contributed by atoms with Crippen LogP contribution >= 0.6 is 0 Å². The first-order chi connectivity index (χ1) is 9.93. The van der Waals surface area contributed by atoms with Crippen LogP contribution in [-0.4, -0.2) is 21.2 Å². The van der Waals surface area contributed by atoms with Gasteiger partial charge in [0.25, 0.3) is 0 Å². The molecule has 0 radical (unpaired) electrons. The van der Waals surface area contributed by atoms with Crippen LogP contribution in [0.4, 0.5) is 35.1 Å². The van der Waals surface area contributed by atoms with E-state index in [1.807, 2.05) is 6.92 Å². The first-order valence-corrected chi connectivity index (χ1v) is 6.38. The van der Waals surface area contributed by atoms with Crippen LogP contribution in [0.1, 0.15) is 44.0 Å². The maximum absolute atomic E-state index is 13.4. The van der Waals surface area contributed by atoms with Gasteiger partial charge < -0.3 is 0 Å². The van der Waals surface area contributed by atoms with E-state index >= 15 is 0 Å². The molecule has 0 fully saturated rings. The maximum atomic E-state index is 13.4. The molecule has 1 aromatic rings. The lowest BCUT2D eigenvalue weighted by molar-refractivity contribution is -0.293. The third kappa shape index (κ3) is 3.86. The molecule has 0 spiro atoms. The molecule has 1 aromatic heterocycles. The van der Waals surface area contributed by atoms with Crippen LogP contribution in [0.2, 0.25) is 0 Å². The molecule has 3 nitrogen and oxygen atoms in total.